The predicted octanol–water partition coefficient (Wildman–Crippen LogP) is 1.27. The molecule has 2 atom stereocenters. The van der Waals surface area contributed by atoms with Crippen LogP contribution in [0.1, 0.15) is 30.1 Å². The Bertz CT molecular complexity index is 592. The van der Waals surface area contributed by atoms with Crippen LogP contribution in [0.2, 0.25) is 0 Å². The molecule has 2 unspecified atom stereocenters. The van der Waals surface area contributed by atoms with Crippen molar-refractivity contribution >= 4 is 17.5 Å². The number of nitrogen functional groups attached to an aromatic ring is 1. The van der Waals surface area contributed by atoms with Crippen molar-refractivity contribution in [3.63, 3.8) is 0 Å². The van der Waals surface area contributed by atoms with Crippen LogP contribution in [0.25, 0.3) is 0 Å². The molecule has 0 aromatic heterocycles. The Kier molecular flexibility index (Phi) is 4.11. The molecule has 1 fully saturated rings. The van der Waals surface area contributed by atoms with E-state index in [0.29, 0.717) is 12.8 Å². The lowest BCUT2D eigenvalue weighted by Gasteiger charge is -2.37. The molecule has 0 radical (unpaired) electrons. The molecule has 2 rings (SSSR count). The maximum atomic E-state index is 13.9. The molecule has 0 spiro atoms. The monoisotopic (exact) mass is 297 g/mol. The topological polar surface area (TPSA) is 89.4 Å². The summed E-state index contributed by atoms with van der Waals surface area (Å²) in [6, 6.07) is 1.45. The summed E-state index contributed by atoms with van der Waals surface area (Å²) in [4.78, 5) is 25.0. The number of rotatable bonds is 2. The molecule has 1 aliphatic rings. The number of amides is 2. The van der Waals surface area contributed by atoms with Gasteiger partial charge in [-0.15, -0.1) is 0 Å². The second-order valence-electron chi connectivity index (χ2n) is 5.34. The van der Waals surface area contributed by atoms with Crippen LogP contribution in [0, 0.1) is 17.6 Å². The molecule has 5 nitrogen and oxygen atoms in total. The molecule has 0 saturated carbocycles. The van der Waals surface area contributed by atoms with E-state index in [1.807, 2.05) is 0 Å². The standard InChI is InChI=1S/C14H17F2N3O2/c1-7-2-3-8(13(18)20)6-19(7)14(21)10-4-9(15)5-11(17)12(10)16/h4-5,7-8H,2-3,6,17H2,1H3,(H2,18,20). The SMILES string of the molecule is CC1CCC(C(N)=O)CN1C(=O)c1cc(F)cc(N)c1F. The first-order valence-electron chi connectivity index (χ1n) is 6.66. The Balaban J connectivity index is 2.32. The van der Waals surface area contributed by atoms with Gasteiger partial charge >= 0.3 is 0 Å². The van der Waals surface area contributed by atoms with Crippen molar-refractivity contribution in [3.05, 3.63) is 29.3 Å². The maximum Gasteiger partial charge on any atom is 0.257 e. The summed E-state index contributed by atoms with van der Waals surface area (Å²) in [6.07, 6.45) is 1.15. The van der Waals surface area contributed by atoms with Gasteiger partial charge in [-0.25, -0.2) is 8.78 Å². The van der Waals surface area contributed by atoms with Gasteiger partial charge < -0.3 is 16.4 Å². The zero-order chi connectivity index (χ0) is 15.7. The van der Waals surface area contributed by atoms with Gasteiger partial charge in [0.1, 0.15) is 5.82 Å². The highest BCUT2D eigenvalue weighted by Gasteiger charge is 2.33. The molecule has 1 aliphatic heterocycles. The molecular weight excluding hydrogens is 280 g/mol. The Hall–Kier alpha value is -2.18. The zero-order valence-electron chi connectivity index (χ0n) is 11.6. The third kappa shape index (κ3) is 2.96. The molecule has 1 aromatic carbocycles. The number of nitrogens with zero attached hydrogens (tertiary/aromatic N) is 1. The average molecular weight is 297 g/mol. The molecule has 1 heterocycles. The number of likely N-dealkylation sites (tertiary alicyclic amines) is 1. The third-order valence-electron chi connectivity index (χ3n) is 3.84. The fraction of sp³-hybridized carbons (Fsp3) is 0.429. The average Bonchev–Trinajstić information content (AvgIpc) is 2.42. The van der Waals surface area contributed by atoms with E-state index >= 15 is 0 Å². The fourth-order valence-electron chi connectivity index (χ4n) is 2.54. The van der Waals surface area contributed by atoms with E-state index in [0.717, 1.165) is 12.1 Å². The minimum atomic E-state index is -0.949. The van der Waals surface area contributed by atoms with Crippen LogP contribution in [0.15, 0.2) is 12.1 Å². The highest BCUT2D eigenvalue weighted by atomic mass is 19.1. The highest BCUT2D eigenvalue weighted by molar-refractivity contribution is 5.96. The Morgan fingerprint density at radius 1 is 1.29 bits per heavy atom. The van der Waals surface area contributed by atoms with Gasteiger partial charge in [-0.2, -0.15) is 0 Å². The number of carbonyl (C=O) groups excluding carboxylic acids is 2. The van der Waals surface area contributed by atoms with Crippen molar-refractivity contribution < 1.29 is 18.4 Å². The van der Waals surface area contributed by atoms with E-state index in [2.05, 4.69) is 0 Å². The molecule has 7 heteroatoms. The molecule has 114 valence electrons. The van der Waals surface area contributed by atoms with Crippen LogP contribution in [-0.4, -0.2) is 29.3 Å². The van der Waals surface area contributed by atoms with Crippen LogP contribution < -0.4 is 11.5 Å². The summed E-state index contributed by atoms with van der Waals surface area (Å²) in [5, 5.41) is 0. The third-order valence-corrected chi connectivity index (χ3v) is 3.84. The Morgan fingerprint density at radius 3 is 2.57 bits per heavy atom. The molecule has 0 bridgehead atoms. The van der Waals surface area contributed by atoms with E-state index < -0.39 is 40.6 Å². The van der Waals surface area contributed by atoms with E-state index in [-0.39, 0.29) is 12.6 Å². The Morgan fingerprint density at radius 2 is 1.95 bits per heavy atom. The molecular formula is C14H17F2N3O2. The summed E-state index contributed by atoms with van der Waals surface area (Å²) < 4.78 is 27.3. The smallest absolute Gasteiger partial charge is 0.257 e. The fourth-order valence-corrected chi connectivity index (χ4v) is 2.54. The lowest BCUT2D eigenvalue weighted by molar-refractivity contribution is -0.123. The number of carbonyl (C=O) groups is 2. The highest BCUT2D eigenvalue weighted by Crippen LogP contribution is 2.26. The number of benzene rings is 1. The van der Waals surface area contributed by atoms with Crippen molar-refractivity contribution in [3.8, 4) is 0 Å². The molecule has 2 amide bonds. The maximum absolute atomic E-state index is 13.9. The second kappa shape index (κ2) is 5.67. The lowest BCUT2D eigenvalue weighted by Crippen LogP contribution is -2.48. The lowest BCUT2D eigenvalue weighted by atomic mass is 9.92. The van der Waals surface area contributed by atoms with Gasteiger partial charge in [0.15, 0.2) is 5.82 Å². The van der Waals surface area contributed by atoms with Gasteiger partial charge in [0.2, 0.25) is 5.91 Å². The van der Waals surface area contributed by atoms with Gasteiger partial charge in [-0.1, -0.05) is 0 Å². The van der Waals surface area contributed by atoms with E-state index in [1.54, 1.807) is 6.92 Å². The van der Waals surface area contributed by atoms with Gasteiger partial charge in [0.25, 0.3) is 5.91 Å². The van der Waals surface area contributed by atoms with Gasteiger partial charge in [-0.05, 0) is 31.9 Å². The van der Waals surface area contributed by atoms with Crippen LogP contribution in [0.5, 0.6) is 0 Å². The van der Waals surface area contributed by atoms with Crippen molar-refractivity contribution in [1.29, 1.82) is 0 Å². The Labute approximate surface area is 120 Å². The van der Waals surface area contributed by atoms with Crippen LogP contribution in [-0.2, 0) is 4.79 Å². The number of anilines is 1. The summed E-state index contributed by atoms with van der Waals surface area (Å²) >= 11 is 0. The number of hydrogen-bond donors (Lipinski definition) is 2. The number of piperidine rings is 1. The first kappa shape index (κ1) is 15.2. The first-order valence-corrected chi connectivity index (χ1v) is 6.66. The first-order chi connectivity index (χ1) is 9.81. The number of primary amides is 1. The van der Waals surface area contributed by atoms with Crippen molar-refractivity contribution in [2.75, 3.05) is 12.3 Å². The molecule has 21 heavy (non-hydrogen) atoms. The zero-order valence-corrected chi connectivity index (χ0v) is 11.6. The van der Waals surface area contributed by atoms with Crippen molar-refractivity contribution in [2.45, 2.75) is 25.8 Å². The summed E-state index contributed by atoms with van der Waals surface area (Å²) in [6.45, 7) is 1.89. The van der Waals surface area contributed by atoms with E-state index in [9.17, 15) is 18.4 Å². The normalized spacial score (nSPS) is 22.1. The van der Waals surface area contributed by atoms with Gasteiger partial charge in [0, 0.05) is 12.6 Å². The number of hydrogen-bond acceptors (Lipinski definition) is 3. The molecule has 4 N–H and O–H groups in total. The number of nitrogens with two attached hydrogens (primary N) is 2. The summed E-state index contributed by atoms with van der Waals surface area (Å²) in [5.41, 5.74) is 9.75. The quantitative estimate of drug-likeness (QED) is 0.806. The van der Waals surface area contributed by atoms with Crippen LogP contribution >= 0.6 is 0 Å². The van der Waals surface area contributed by atoms with Crippen molar-refractivity contribution in [1.82, 2.24) is 4.90 Å². The van der Waals surface area contributed by atoms with Gasteiger partial charge in [-0.3, -0.25) is 9.59 Å². The minimum absolute atomic E-state index is 0.102. The molecule has 1 aromatic rings. The summed E-state index contributed by atoms with van der Waals surface area (Å²) in [7, 11) is 0. The molecule has 0 aliphatic carbocycles. The summed E-state index contributed by atoms with van der Waals surface area (Å²) in [5.74, 6) is -3.39. The van der Waals surface area contributed by atoms with Gasteiger partial charge in [0.05, 0.1) is 17.2 Å². The predicted molar refractivity (Wildman–Crippen MR) is 73.2 cm³/mol. The van der Waals surface area contributed by atoms with E-state index in [1.165, 1.54) is 4.90 Å². The van der Waals surface area contributed by atoms with Crippen LogP contribution in [0.4, 0.5) is 14.5 Å². The van der Waals surface area contributed by atoms with E-state index in [4.69, 9.17) is 11.5 Å². The minimum Gasteiger partial charge on any atom is -0.396 e. The second-order valence-corrected chi connectivity index (χ2v) is 5.34. The van der Waals surface area contributed by atoms with Crippen LogP contribution in [0.3, 0.4) is 0 Å². The molecule has 1 saturated heterocycles. The van der Waals surface area contributed by atoms with Crippen molar-refractivity contribution in [2.24, 2.45) is 11.7 Å². The largest absolute Gasteiger partial charge is 0.396 e. The number of halogens is 2.